The Hall–Kier alpha value is -0.700. The van der Waals surface area contributed by atoms with Gasteiger partial charge in [0.05, 0.1) is 6.10 Å². The summed E-state index contributed by atoms with van der Waals surface area (Å²) in [5.74, 6) is 2.23. The summed E-state index contributed by atoms with van der Waals surface area (Å²) in [5.41, 5.74) is 1.67. The van der Waals surface area contributed by atoms with Gasteiger partial charge in [0, 0.05) is 11.1 Å². The van der Waals surface area contributed by atoms with Crippen molar-refractivity contribution in [2.24, 2.45) is 29.1 Å². The molecule has 0 saturated heterocycles. The predicted molar refractivity (Wildman–Crippen MR) is 81.1 cm³/mol. The normalized spacial score (nSPS) is 52.7. The van der Waals surface area contributed by atoms with Crippen molar-refractivity contribution in [2.45, 2.75) is 64.1 Å². The Morgan fingerprint density at radius 3 is 2.90 bits per heavy atom. The molecule has 0 amide bonds. The molecular formula is C18H26FNO. The number of allylic oxidation sites excluding steroid dienone is 1. The third-order valence-corrected chi connectivity index (χ3v) is 7.20. The van der Waals surface area contributed by atoms with Crippen molar-refractivity contribution >= 4 is 5.71 Å². The van der Waals surface area contributed by atoms with Gasteiger partial charge < -0.3 is 10.5 Å². The highest BCUT2D eigenvalue weighted by Crippen LogP contribution is 2.60. The van der Waals surface area contributed by atoms with E-state index in [4.69, 9.17) is 5.41 Å². The average molecular weight is 291 g/mol. The first kappa shape index (κ1) is 13.9. The summed E-state index contributed by atoms with van der Waals surface area (Å²) in [6.07, 6.45) is 7.86. The van der Waals surface area contributed by atoms with Crippen LogP contribution < -0.4 is 0 Å². The van der Waals surface area contributed by atoms with Crippen LogP contribution in [0, 0.1) is 34.5 Å². The zero-order valence-electron chi connectivity index (χ0n) is 12.8. The van der Waals surface area contributed by atoms with Crippen LogP contribution >= 0.6 is 0 Å². The molecule has 4 aliphatic carbocycles. The van der Waals surface area contributed by atoms with Gasteiger partial charge in [0.2, 0.25) is 0 Å². The molecule has 21 heavy (non-hydrogen) atoms. The first-order chi connectivity index (χ1) is 10.0. The zero-order chi connectivity index (χ0) is 14.8. The topological polar surface area (TPSA) is 44.1 Å². The second kappa shape index (κ2) is 4.65. The van der Waals surface area contributed by atoms with Crippen LogP contribution in [-0.2, 0) is 0 Å². The van der Waals surface area contributed by atoms with Gasteiger partial charge in [-0.25, -0.2) is 4.39 Å². The van der Waals surface area contributed by atoms with Gasteiger partial charge in [-0.15, -0.1) is 0 Å². The fourth-order valence-corrected chi connectivity index (χ4v) is 6.04. The molecule has 0 bridgehead atoms. The SMILES string of the molecule is C[C@]12CC[C@H]3[C@@H](CC=C4C[C@@H](O)CC[C@@H]43)[C@@H]1CC(F)C2=N. The molecule has 4 aliphatic rings. The van der Waals surface area contributed by atoms with Crippen molar-refractivity contribution in [3.63, 3.8) is 0 Å². The first-order valence-electron chi connectivity index (χ1n) is 8.60. The van der Waals surface area contributed by atoms with E-state index in [1.807, 2.05) is 0 Å². The van der Waals surface area contributed by atoms with E-state index < -0.39 is 6.17 Å². The predicted octanol–water partition coefficient (Wildman–Crippen LogP) is 3.89. The lowest BCUT2D eigenvalue weighted by Gasteiger charge is -2.52. The fraction of sp³-hybridized carbons (Fsp3) is 0.833. The Balaban J connectivity index is 1.64. The van der Waals surface area contributed by atoms with Crippen molar-refractivity contribution in [2.75, 3.05) is 0 Å². The van der Waals surface area contributed by atoms with Gasteiger partial charge in [-0.1, -0.05) is 18.6 Å². The summed E-state index contributed by atoms with van der Waals surface area (Å²) in [7, 11) is 0. The number of nitrogens with one attached hydrogen (secondary N) is 1. The lowest BCUT2D eigenvalue weighted by molar-refractivity contribution is 0.0203. The average Bonchev–Trinajstić information content (AvgIpc) is 2.70. The summed E-state index contributed by atoms with van der Waals surface area (Å²) in [6, 6.07) is 0. The van der Waals surface area contributed by atoms with E-state index in [9.17, 15) is 9.50 Å². The van der Waals surface area contributed by atoms with Gasteiger partial charge in [-0.2, -0.15) is 0 Å². The number of fused-ring (bicyclic) bond motifs is 5. The van der Waals surface area contributed by atoms with Crippen LogP contribution in [0.1, 0.15) is 51.9 Å². The Morgan fingerprint density at radius 1 is 1.29 bits per heavy atom. The molecule has 2 N–H and O–H groups in total. The first-order valence-corrected chi connectivity index (χ1v) is 8.60. The molecule has 7 atom stereocenters. The van der Waals surface area contributed by atoms with Crippen molar-refractivity contribution < 1.29 is 9.50 Å². The molecular weight excluding hydrogens is 265 g/mol. The van der Waals surface area contributed by atoms with E-state index in [0.29, 0.717) is 35.8 Å². The van der Waals surface area contributed by atoms with E-state index in [-0.39, 0.29) is 11.5 Å². The molecule has 0 heterocycles. The largest absolute Gasteiger partial charge is 0.393 e. The Kier molecular flexibility index (Phi) is 3.08. The highest BCUT2D eigenvalue weighted by Gasteiger charge is 2.57. The summed E-state index contributed by atoms with van der Waals surface area (Å²) in [4.78, 5) is 0. The van der Waals surface area contributed by atoms with Gasteiger partial charge in [0.25, 0.3) is 0 Å². The minimum Gasteiger partial charge on any atom is -0.393 e. The molecule has 1 unspecified atom stereocenters. The van der Waals surface area contributed by atoms with Crippen molar-refractivity contribution in [1.82, 2.24) is 0 Å². The van der Waals surface area contributed by atoms with E-state index in [2.05, 4.69) is 13.0 Å². The molecule has 0 aromatic carbocycles. The Morgan fingerprint density at radius 2 is 2.10 bits per heavy atom. The van der Waals surface area contributed by atoms with Crippen LogP contribution in [0.25, 0.3) is 0 Å². The maximum atomic E-state index is 14.1. The second-order valence-electron chi connectivity index (χ2n) is 8.06. The number of rotatable bonds is 0. The number of alkyl halides is 1. The highest BCUT2D eigenvalue weighted by atomic mass is 19.1. The molecule has 3 heteroatoms. The number of aliphatic hydroxyl groups is 1. The number of halogens is 1. The van der Waals surface area contributed by atoms with Crippen LogP contribution in [0.4, 0.5) is 4.39 Å². The Labute approximate surface area is 126 Å². The number of hydrogen-bond donors (Lipinski definition) is 2. The minimum absolute atomic E-state index is 0.146. The van der Waals surface area contributed by atoms with Crippen LogP contribution in [0.3, 0.4) is 0 Å². The van der Waals surface area contributed by atoms with Gasteiger partial charge in [-0.05, 0) is 68.6 Å². The van der Waals surface area contributed by atoms with Gasteiger partial charge in [-0.3, -0.25) is 0 Å². The molecule has 0 aromatic heterocycles. The fourth-order valence-electron chi connectivity index (χ4n) is 6.04. The van der Waals surface area contributed by atoms with Crippen LogP contribution in [0.15, 0.2) is 11.6 Å². The molecule has 3 saturated carbocycles. The molecule has 0 aliphatic heterocycles. The minimum atomic E-state index is -1.00. The van der Waals surface area contributed by atoms with Gasteiger partial charge >= 0.3 is 0 Å². The molecule has 116 valence electrons. The van der Waals surface area contributed by atoms with Gasteiger partial charge in [0.15, 0.2) is 0 Å². The van der Waals surface area contributed by atoms with Crippen molar-refractivity contribution in [3.8, 4) is 0 Å². The third kappa shape index (κ3) is 1.89. The second-order valence-corrected chi connectivity index (χ2v) is 8.06. The lowest BCUT2D eigenvalue weighted by atomic mass is 9.53. The zero-order valence-corrected chi connectivity index (χ0v) is 12.8. The molecule has 0 spiro atoms. The van der Waals surface area contributed by atoms with Crippen LogP contribution in [0.2, 0.25) is 0 Å². The van der Waals surface area contributed by atoms with E-state index in [0.717, 1.165) is 38.5 Å². The van der Waals surface area contributed by atoms with Gasteiger partial charge in [0.1, 0.15) is 6.17 Å². The van der Waals surface area contributed by atoms with E-state index in [1.165, 1.54) is 5.57 Å². The van der Waals surface area contributed by atoms with E-state index >= 15 is 0 Å². The van der Waals surface area contributed by atoms with Crippen LogP contribution in [-0.4, -0.2) is 23.1 Å². The quantitative estimate of drug-likeness (QED) is 0.653. The highest BCUT2D eigenvalue weighted by molar-refractivity contribution is 5.93. The van der Waals surface area contributed by atoms with Crippen LogP contribution in [0.5, 0.6) is 0 Å². The van der Waals surface area contributed by atoms with Crippen molar-refractivity contribution in [3.05, 3.63) is 11.6 Å². The maximum absolute atomic E-state index is 14.1. The smallest absolute Gasteiger partial charge is 0.138 e. The third-order valence-electron chi connectivity index (χ3n) is 7.20. The van der Waals surface area contributed by atoms with E-state index in [1.54, 1.807) is 0 Å². The summed E-state index contributed by atoms with van der Waals surface area (Å²) in [5, 5.41) is 18.1. The summed E-state index contributed by atoms with van der Waals surface area (Å²) < 4.78 is 14.1. The summed E-state index contributed by atoms with van der Waals surface area (Å²) >= 11 is 0. The molecule has 4 rings (SSSR count). The van der Waals surface area contributed by atoms with Crippen molar-refractivity contribution in [1.29, 1.82) is 5.41 Å². The molecule has 0 aromatic rings. The monoisotopic (exact) mass is 291 g/mol. The summed E-state index contributed by atoms with van der Waals surface area (Å²) in [6.45, 7) is 2.14. The number of aliphatic hydroxyl groups excluding tert-OH is 1. The molecule has 3 fully saturated rings. The maximum Gasteiger partial charge on any atom is 0.138 e. The molecule has 2 nitrogen and oxygen atoms in total. The molecule has 0 radical (unpaired) electrons. The lowest BCUT2D eigenvalue weighted by Crippen LogP contribution is -2.46. The standard InChI is InChI=1S/C18H26FNO/c1-18-7-6-13-12-5-3-11(21)8-10(12)2-4-14(13)15(18)9-16(19)17(18)20/h2,11-16,20-21H,3-9H2,1H3/t11-,12-,13+,14+,15-,16?,18-/m0/s1. The Bertz CT molecular complexity index is 501. The number of hydrogen-bond acceptors (Lipinski definition) is 2.